The van der Waals surface area contributed by atoms with Gasteiger partial charge in [-0.3, -0.25) is 4.79 Å². The Morgan fingerprint density at radius 3 is 2.61 bits per heavy atom. The lowest BCUT2D eigenvalue weighted by Crippen LogP contribution is -2.44. The number of rotatable bonds is 5. The van der Waals surface area contributed by atoms with Crippen LogP contribution in [0.25, 0.3) is 0 Å². The summed E-state index contributed by atoms with van der Waals surface area (Å²) in [4.78, 5) is 21.8. The van der Waals surface area contributed by atoms with Crippen LogP contribution in [0.2, 0.25) is 0 Å². The molecule has 2 atom stereocenters. The van der Waals surface area contributed by atoms with Crippen LogP contribution in [0.3, 0.4) is 0 Å². The Kier molecular flexibility index (Phi) is 4.94. The number of hydrogen-bond donors (Lipinski definition) is 3. The molecule has 0 aromatic heterocycles. The number of carbonyl (C=O) groups is 2. The van der Waals surface area contributed by atoms with Crippen molar-refractivity contribution in [1.29, 1.82) is 0 Å². The zero-order chi connectivity index (χ0) is 13.8. The number of sulfone groups is 1. The second-order valence-corrected chi connectivity index (χ2v) is 6.89. The zero-order valence-corrected chi connectivity index (χ0v) is 11.0. The van der Waals surface area contributed by atoms with Gasteiger partial charge in [0.15, 0.2) is 9.84 Å². The minimum absolute atomic E-state index is 0.0773. The van der Waals surface area contributed by atoms with E-state index in [0.29, 0.717) is 12.8 Å². The van der Waals surface area contributed by atoms with Crippen LogP contribution in [0.5, 0.6) is 0 Å². The Morgan fingerprint density at radius 2 is 2.11 bits per heavy atom. The molecule has 0 spiro atoms. The van der Waals surface area contributed by atoms with Gasteiger partial charge in [0.25, 0.3) is 0 Å². The quantitative estimate of drug-likeness (QED) is 0.640. The van der Waals surface area contributed by atoms with E-state index in [1.165, 1.54) is 0 Å². The number of hydrogen-bond acceptors (Lipinski definition) is 4. The van der Waals surface area contributed by atoms with Crippen molar-refractivity contribution in [2.45, 2.75) is 37.5 Å². The average molecular weight is 278 g/mol. The molecule has 0 aromatic carbocycles. The molecule has 2 amide bonds. The number of nitrogens with one attached hydrogen (secondary N) is 2. The Bertz CT molecular complexity index is 420. The Balaban J connectivity index is 2.31. The van der Waals surface area contributed by atoms with Gasteiger partial charge in [-0.25, -0.2) is 13.2 Å². The fraction of sp³-hybridized carbons (Fsp3) is 0.800. The summed E-state index contributed by atoms with van der Waals surface area (Å²) in [5, 5.41) is 12.9. The first-order valence-corrected chi connectivity index (χ1v) is 7.50. The van der Waals surface area contributed by atoms with Gasteiger partial charge in [0.05, 0.1) is 17.4 Å². The number of urea groups is 1. The highest BCUT2D eigenvalue weighted by Crippen LogP contribution is 2.18. The molecule has 18 heavy (non-hydrogen) atoms. The van der Waals surface area contributed by atoms with Crippen molar-refractivity contribution < 1.29 is 23.1 Å². The minimum atomic E-state index is -3.07. The van der Waals surface area contributed by atoms with Crippen molar-refractivity contribution in [3.05, 3.63) is 0 Å². The molecule has 1 aliphatic heterocycles. The molecule has 1 fully saturated rings. The van der Waals surface area contributed by atoms with Crippen LogP contribution in [0.4, 0.5) is 4.79 Å². The topological polar surface area (TPSA) is 113 Å². The van der Waals surface area contributed by atoms with Crippen LogP contribution in [0.1, 0.15) is 26.2 Å². The predicted octanol–water partition coefficient (Wildman–Crippen LogP) is -0.274. The lowest BCUT2D eigenvalue weighted by atomic mass is 10.2. The van der Waals surface area contributed by atoms with E-state index in [-0.39, 0.29) is 18.7 Å². The number of aliphatic carboxylic acids is 1. The molecule has 0 radical (unpaired) electrons. The molecule has 7 nitrogen and oxygen atoms in total. The van der Waals surface area contributed by atoms with Crippen LogP contribution in [0.15, 0.2) is 0 Å². The van der Waals surface area contributed by atoms with Gasteiger partial charge >= 0.3 is 12.0 Å². The fourth-order valence-electron chi connectivity index (χ4n) is 1.88. The van der Waals surface area contributed by atoms with Gasteiger partial charge in [0.1, 0.15) is 0 Å². The summed E-state index contributed by atoms with van der Waals surface area (Å²) in [7, 11) is -3.07. The predicted molar refractivity (Wildman–Crippen MR) is 65.1 cm³/mol. The smallest absolute Gasteiger partial charge is 0.315 e. The molecular weight excluding hydrogens is 260 g/mol. The van der Waals surface area contributed by atoms with E-state index < -0.39 is 33.1 Å². The summed E-state index contributed by atoms with van der Waals surface area (Å²) in [6.07, 6.45) is 1.02. The summed E-state index contributed by atoms with van der Waals surface area (Å²) in [5.74, 6) is -0.822. The molecule has 8 heteroatoms. The van der Waals surface area contributed by atoms with E-state index in [1.54, 1.807) is 6.92 Å². The van der Waals surface area contributed by atoms with Gasteiger partial charge in [-0.1, -0.05) is 0 Å². The standard InChI is InChI=1S/C10H18N2O5S/c1-7(5-9(13)14)12-10(15)11-6-8-3-2-4-18(8,16)17/h7-8H,2-6H2,1H3,(H,13,14)(H2,11,12,15). The molecule has 104 valence electrons. The second kappa shape index (κ2) is 6.03. The molecule has 0 aromatic rings. The third-order valence-corrected chi connectivity index (χ3v) is 5.09. The Hall–Kier alpha value is -1.31. The first kappa shape index (κ1) is 14.7. The van der Waals surface area contributed by atoms with E-state index in [1.807, 2.05) is 0 Å². The number of carboxylic acids is 1. The third-order valence-electron chi connectivity index (χ3n) is 2.81. The molecule has 3 N–H and O–H groups in total. The highest BCUT2D eigenvalue weighted by molar-refractivity contribution is 7.92. The van der Waals surface area contributed by atoms with E-state index in [4.69, 9.17) is 5.11 Å². The van der Waals surface area contributed by atoms with E-state index >= 15 is 0 Å². The molecule has 1 aliphatic rings. The summed E-state index contributed by atoms with van der Waals surface area (Å²) in [5.41, 5.74) is 0. The van der Waals surface area contributed by atoms with Crippen LogP contribution in [0, 0.1) is 0 Å². The van der Waals surface area contributed by atoms with Crippen LogP contribution in [-0.4, -0.2) is 49.1 Å². The van der Waals surface area contributed by atoms with Gasteiger partial charge in [0, 0.05) is 12.6 Å². The lowest BCUT2D eigenvalue weighted by molar-refractivity contribution is -0.137. The molecule has 0 bridgehead atoms. The average Bonchev–Trinajstić information content (AvgIpc) is 2.53. The minimum Gasteiger partial charge on any atom is -0.481 e. The Morgan fingerprint density at radius 1 is 1.44 bits per heavy atom. The molecule has 0 saturated carbocycles. The highest BCUT2D eigenvalue weighted by atomic mass is 32.2. The summed E-state index contributed by atoms with van der Waals surface area (Å²) < 4.78 is 23.0. The van der Waals surface area contributed by atoms with Gasteiger partial charge in [-0.05, 0) is 19.8 Å². The van der Waals surface area contributed by atoms with Crippen molar-refractivity contribution in [2.24, 2.45) is 0 Å². The molecule has 1 saturated heterocycles. The monoisotopic (exact) mass is 278 g/mol. The summed E-state index contributed by atoms with van der Waals surface area (Å²) in [6.45, 7) is 1.65. The first-order chi connectivity index (χ1) is 8.31. The van der Waals surface area contributed by atoms with E-state index in [0.717, 1.165) is 0 Å². The van der Waals surface area contributed by atoms with Crippen molar-refractivity contribution in [3.63, 3.8) is 0 Å². The Labute approximate surface area is 106 Å². The van der Waals surface area contributed by atoms with Crippen molar-refractivity contribution >= 4 is 21.8 Å². The fourth-order valence-corrected chi connectivity index (χ4v) is 3.65. The van der Waals surface area contributed by atoms with Crippen molar-refractivity contribution in [1.82, 2.24) is 10.6 Å². The normalized spacial score (nSPS) is 23.3. The van der Waals surface area contributed by atoms with Crippen LogP contribution in [-0.2, 0) is 14.6 Å². The van der Waals surface area contributed by atoms with Gasteiger partial charge in [-0.15, -0.1) is 0 Å². The van der Waals surface area contributed by atoms with Crippen molar-refractivity contribution in [2.75, 3.05) is 12.3 Å². The van der Waals surface area contributed by atoms with Crippen LogP contribution < -0.4 is 10.6 Å². The second-order valence-electron chi connectivity index (χ2n) is 4.48. The molecular formula is C10H18N2O5S. The number of amides is 2. The molecule has 0 aliphatic carbocycles. The lowest BCUT2D eigenvalue weighted by Gasteiger charge is -2.14. The first-order valence-electron chi connectivity index (χ1n) is 5.79. The maximum Gasteiger partial charge on any atom is 0.315 e. The van der Waals surface area contributed by atoms with E-state index in [2.05, 4.69) is 10.6 Å². The van der Waals surface area contributed by atoms with E-state index in [9.17, 15) is 18.0 Å². The SMILES string of the molecule is CC(CC(=O)O)NC(=O)NCC1CCCS1(=O)=O. The summed E-state index contributed by atoms with van der Waals surface area (Å²) in [6, 6.07) is -1.03. The zero-order valence-electron chi connectivity index (χ0n) is 10.2. The third kappa shape index (κ3) is 4.52. The maximum absolute atomic E-state index is 11.5. The highest BCUT2D eigenvalue weighted by Gasteiger charge is 2.31. The number of carboxylic acid groups (broad SMARTS) is 1. The molecule has 1 rings (SSSR count). The maximum atomic E-state index is 11.5. The number of carbonyl (C=O) groups excluding carboxylic acids is 1. The van der Waals surface area contributed by atoms with Gasteiger partial charge in [-0.2, -0.15) is 0 Å². The molecule has 2 unspecified atom stereocenters. The largest absolute Gasteiger partial charge is 0.481 e. The van der Waals surface area contributed by atoms with Crippen molar-refractivity contribution in [3.8, 4) is 0 Å². The van der Waals surface area contributed by atoms with Gasteiger partial charge < -0.3 is 15.7 Å². The van der Waals surface area contributed by atoms with Gasteiger partial charge in [0.2, 0.25) is 0 Å². The van der Waals surface area contributed by atoms with Crippen LogP contribution >= 0.6 is 0 Å². The summed E-state index contributed by atoms with van der Waals surface area (Å²) >= 11 is 0. The molecule has 1 heterocycles.